The Kier molecular flexibility index (Phi) is 4.42. The van der Waals surface area contributed by atoms with E-state index in [-0.39, 0.29) is 0 Å². The van der Waals surface area contributed by atoms with E-state index in [9.17, 15) is 0 Å². The summed E-state index contributed by atoms with van der Waals surface area (Å²) in [4.78, 5) is 8.62. The van der Waals surface area contributed by atoms with Crippen molar-refractivity contribution in [1.82, 2.24) is 9.97 Å². The molecule has 25 heavy (non-hydrogen) atoms. The molecule has 1 N–H and O–H groups in total. The second kappa shape index (κ2) is 7.18. The van der Waals surface area contributed by atoms with Crippen molar-refractivity contribution in [3.8, 4) is 5.75 Å². The number of fused-ring (bicyclic) bond motifs is 2. The van der Waals surface area contributed by atoms with Crippen LogP contribution in [0.1, 0.15) is 6.42 Å². The lowest BCUT2D eigenvalue weighted by atomic mass is 10.1. The van der Waals surface area contributed by atoms with Gasteiger partial charge < -0.3 is 10.1 Å². The molecule has 0 radical (unpaired) electrons. The van der Waals surface area contributed by atoms with Crippen molar-refractivity contribution in [2.45, 2.75) is 6.42 Å². The van der Waals surface area contributed by atoms with E-state index in [0.29, 0.717) is 6.61 Å². The molecule has 0 saturated carbocycles. The summed E-state index contributed by atoms with van der Waals surface area (Å²) in [6, 6.07) is 22.4. The second-order valence-electron chi connectivity index (χ2n) is 5.85. The van der Waals surface area contributed by atoms with Crippen molar-refractivity contribution in [2.24, 2.45) is 0 Å². The maximum Gasteiger partial charge on any atom is 0.137 e. The van der Waals surface area contributed by atoms with Gasteiger partial charge in [0.15, 0.2) is 0 Å². The number of benzene rings is 3. The highest BCUT2D eigenvalue weighted by molar-refractivity contribution is 5.89. The van der Waals surface area contributed by atoms with Crippen LogP contribution in [-0.2, 0) is 0 Å². The molecule has 3 aromatic carbocycles. The number of aromatic nitrogens is 2. The van der Waals surface area contributed by atoms with Gasteiger partial charge in [0.25, 0.3) is 0 Å². The zero-order chi connectivity index (χ0) is 16.9. The predicted octanol–water partition coefficient (Wildman–Crippen LogP) is 4.66. The summed E-state index contributed by atoms with van der Waals surface area (Å²) in [6.07, 6.45) is 2.48. The van der Waals surface area contributed by atoms with Crippen molar-refractivity contribution in [1.29, 1.82) is 0 Å². The van der Waals surface area contributed by atoms with Gasteiger partial charge in [-0.2, -0.15) is 0 Å². The van der Waals surface area contributed by atoms with Crippen molar-refractivity contribution in [3.05, 3.63) is 73.1 Å². The zero-order valence-electron chi connectivity index (χ0n) is 13.9. The molecule has 0 fully saturated rings. The minimum absolute atomic E-state index is 0.657. The molecule has 0 aliphatic rings. The molecule has 124 valence electrons. The van der Waals surface area contributed by atoms with Gasteiger partial charge in [0.2, 0.25) is 0 Å². The van der Waals surface area contributed by atoms with Crippen LogP contribution in [0.25, 0.3) is 21.7 Å². The fourth-order valence-corrected chi connectivity index (χ4v) is 2.93. The summed E-state index contributed by atoms with van der Waals surface area (Å²) in [5.41, 5.74) is 0.951. The Balaban J connectivity index is 1.35. The number of hydrogen-bond acceptors (Lipinski definition) is 4. The molecule has 4 heteroatoms. The predicted molar refractivity (Wildman–Crippen MR) is 102 cm³/mol. The van der Waals surface area contributed by atoms with Gasteiger partial charge in [0.05, 0.1) is 12.1 Å². The number of rotatable bonds is 6. The zero-order valence-corrected chi connectivity index (χ0v) is 13.9. The third-order valence-electron chi connectivity index (χ3n) is 4.16. The van der Waals surface area contributed by atoms with Gasteiger partial charge in [-0.1, -0.05) is 48.5 Å². The monoisotopic (exact) mass is 329 g/mol. The van der Waals surface area contributed by atoms with Crippen molar-refractivity contribution < 1.29 is 4.74 Å². The van der Waals surface area contributed by atoms with Gasteiger partial charge in [-0.25, -0.2) is 9.97 Å². The molecule has 0 aliphatic carbocycles. The number of para-hydroxylation sites is 1. The number of hydrogen-bond donors (Lipinski definition) is 1. The van der Waals surface area contributed by atoms with Gasteiger partial charge in [0, 0.05) is 17.3 Å². The van der Waals surface area contributed by atoms with Crippen LogP contribution >= 0.6 is 0 Å². The molecule has 4 aromatic rings. The molecule has 0 saturated heterocycles. The first-order valence-corrected chi connectivity index (χ1v) is 8.46. The van der Waals surface area contributed by atoms with E-state index < -0.39 is 0 Å². The van der Waals surface area contributed by atoms with Crippen molar-refractivity contribution in [3.63, 3.8) is 0 Å². The summed E-state index contributed by atoms with van der Waals surface area (Å²) in [5.74, 6) is 1.81. The fraction of sp³-hybridized carbons (Fsp3) is 0.143. The Morgan fingerprint density at radius 2 is 1.60 bits per heavy atom. The Morgan fingerprint density at radius 3 is 2.56 bits per heavy atom. The van der Waals surface area contributed by atoms with Crippen molar-refractivity contribution >= 4 is 27.5 Å². The van der Waals surface area contributed by atoms with Gasteiger partial charge in [-0.05, 0) is 30.0 Å². The average molecular weight is 329 g/mol. The van der Waals surface area contributed by atoms with E-state index in [2.05, 4.69) is 33.5 Å². The second-order valence-corrected chi connectivity index (χ2v) is 5.85. The van der Waals surface area contributed by atoms with Gasteiger partial charge in [0.1, 0.15) is 17.9 Å². The van der Waals surface area contributed by atoms with Crippen LogP contribution in [0.4, 0.5) is 5.82 Å². The van der Waals surface area contributed by atoms with E-state index >= 15 is 0 Å². The summed E-state index contributed by atoms with van der Waals surface area (Å²) >= 11 is 0. The minimum Gasteiger partial charge on any atom is -0.493 e. The van der Waals surface area contributed by atoms with Gasteiger partial charge in [-0.3, -0.25) is 0 Å². The first-order chi connectivity index (χ1) is 12.4. The fourth-order valence-electron chi connectivity index (χ4n) is 2.93. The third-order valence-corrected chi connectivity index (χ3v) is 4.16. The molecule has 0 unspecified atom stereocenters. The molecule has 4 nitrogen and oxygen atoms in total. The summed E-state index contributed by atoms with van der Waals surface area (Å²) in [7, 11) is 0. The standard InChI is InChI=1S/C21H19N3O/c1-2-9-17-16(7-1)8-5-12-20(17)25-14-6-13-22-21-18-10-3-4-11-19(18)23-15-24-21/h1-5,7-12,15H,6,13-14H2,(H,22,23,24). The van der Waals surface area contributed by atoms with E-state index in [1.54, 1.807) is 6.33 Å². The van der Waals surface area contributed by atoms with Crippen molar-refractivity contribution in [2.75, 3.05) is 18.5 Å². The van der Waals surface area contributed by atoms with Gasteiger partial charge in [-0.15, -0.1) is 0 Å². The largest absolute Gasteiger partial charge is 0.493 e. The Hall–Kier alpha value is -3.14. The maximum atomic E-state index is 5.97. The number of nitrogens with one attached hydrogen (secondary N) is 1. The van der Waals surface area contributed by atoms with E-state index in [4.69, 9.17) is 4.74 Å². The van der Waals surface area contributed by atoms with Crippen LogP contribution in [0.15, 0.2) is 73.1 Å². The smallest absolute Gasteiger partial charge is 0.137 e. The SMILES string of the molecule is c1ccc2c(OCCCNc3ncnc4ccccc34)cccc2c1. The molecule has 0 bridgehead atoms. The Labute approximate surface area is 146 Å². The van der Waals surface area contributed by atoms with E-state index in [1.165, 1.54) is 5.39 Å². The lowest BCUT2D eigenvalue weighted by molar-refractivity contribution is 0.318. The summed E-state index contributed by atoms with van der Waals surface area (Å²) < 4.78 is 5.97. The van der Waals surface area contributed by atoms with Crippen LogP contribution in [0.3, 0.4) is 0 Å². The summed E-state index contributed by atoms with van der Waals surface area (Å²) in [5, 5.41) is 6.77. The van der Waals surface area contributed by atoms with Crippen LogP contribution in [0.2, 0.25) is 0 Å². The Morgan fingerprint density at radius 1 is 0.800 bits per heavy atom. The van der Waals surface area contributed by atoms with Crippen LogP contribution in [-0.4, -0.2) is 23.1 Å². The van der Waals surface area contributed by atoms with Gasteiger partial charge >= 0.3 is 0 Å². The minimum atomic E-state index is 0.657. The maximum absolute atomic E-state index is 5.97. The van der Waals surface area contributed by atoms with Crippen LogP contribution < -0.4 is 10.1 Å². The highest BCUT2D eigenvalue weighted by Crippen LogP contribution is 2.25. The first-order valence-electron chi connectivity index (χ1n) is 8.46. The number of ether oxygens (including phenoxy) is 1. The molecule has 0 atom stereocenters. The van der Waals surface area contributed by atoms with E-state index in [1.807, 2.05) is 48.5 Å². The lowest BCUT2D eigenvalue weighted by Gasteiger charge is -2.11. The normalized spacial score (nSPS) is 10.9. The summed E-state index contributed by atoms with van der Waals surface area (Å²) in [6.45, 7) is 1.45. The molecule has 0 amide bonds. The highest BCUT2D eigenvalue weighted by atomic mass is 16.5. The molecule has 0 spiro atoms. The molecular weight excluding hydrogens is 310 g/mol. The van der Waals surface area contributed by atoms with E-state index in [0.717, 1.165) is 40.8 Å². The quantitative estimate of drug-likeness (QED) is 0.522. The molecule has 4 rings (SSSR count). The number of anilines is 1. The first kappa shape index (κ1) is 15.4. The molecule has 1 aromatic heterocycles. The molecule has 1 heterocycles. The molecular formula is C21H19N3O. The van der Waals surface area contributed by atoms with Crippen LogP contribution in [0.5, 0.6) is 5.75 Å². The third kappa shape index (κ3) is 3.38. The average Bonchev–Trinajstić information content (AvgIpc) is 2.68. The number of nitrogens with zero attached hydrogens (tertiary/aromatic N) is 2. The highest BCUT2D eigenvalue weighted by Gasteiger charge is 2.03. The topological polar surface area (TPSA) is 47.0 Å². The lowest BCUT2D eigenvalue weighted by Crippen LogP contribution is -2.09. The Bertz CT molecular complexity index is 908. The molecule has 0 aliphatic heterocycles. The van der Waals surface area contributed by atoms with Crippen LogP contribution in [0, 0.1) is 0 Å².